The highest BCUT2D eigenvalue weighted by Crippen LogP contribution is 2.33. The summed E-state index contributed by atoms with van der Waals surface area (Å²) >= 11 is 0. The van der Waals surface area contributed by atoms with Crippen LogP contribution in [0.2, 0.25) is 0 Å². The van der Waals surface area contributed by atoms with Gasteiger partial charge in [0.15, 0.2) is 0 Å². The average Bonchev–Trinajstić information content (AvgIpc) is 2.43. The summed E-state index contributed by atoms with van der Waals surface area (Å²) in [5, 5.41) is 0. The van der Waals surface area contributed by atoms with Crippen molar-refractivity contribution in [3.63, 3.8) is 0 Å². The van der Waals surface area contributed by atoms with Crippen LogP contribution in [0.5, 0.6) is 0 Å². The molecule has 1 fully saturated rings. The molecule has 0 radical (unpaired) electrons. The van der Waals surface area contributed by atoms with Crippen LogP contribution in [-0.4, -0.2) is 13.2 Å². The molecule has 1 aliphatic rings. The zero-order chi connectivity index (χ0) is 5.28. The molecule has 1 heteroatoms. The van der Waals surface area contributed by atoms with Crippen LogP contribution in [0.3, 0.4) is 0 Å². The first kappa shape index (κ1) is 4.85. The van der Waals surface area contributed by atoms with Crippen molar-refractivity contribution in [2.45, 2.75) is 12.5 Å². The van der Waals surface area contributed by atoms with Gasteiger partial charge in [-0.25, -0.2) is 0 Å². The normalized spacial score (nSPS) is 37.9. The Balaban J connectivity index is 2.17. The molecular weight excluding hydrogens is 88.1 g/mol. The van der Waals surface area contributed by atoms with Crippen molar-refractivity contribution in [3.05, 3.63) is 12.7 Å². The lowest BCUT2D eigenvalue weighted by Crippen LogP contribution is -1.86. The van der Waals surface area contributed by atoms with E-state index in [1.165, 1.54) is 6.42 Å². The number of hydrogen-bond acceptors (Lipinski definition) is 1. The van der Waals surface area contributed by atoms with Crippen molar-refractivity contribution in [1.29, 1.82) is 0 Å². The second kappa shape index (κ2) is 1.66. The van der Waals surface area contributed by atoms with Crippen LogP contribution in [0.15, 0.2) is 12.7 Å². The lowest BCUT2D eigenvalue weighted by atomic mass is 10.4. The van der Waals surface area contributed by atoms with Gasteiger partial charge in [0.05, 0.1) is 6.10 Å². The molecule has 0 heterocycles. The van der Waals surface area contributed by atoms with Gasteiger partial charge in [0.2, 0.25) is 0 Å². The molecule has 1 aliphatic carbocycles. The first-order chi connectivity index (χ1) is 3.38. The molecule has 1 rings (SSSR count). The number of methoxy groups -OCH3 is 1. The van der Waals surface area contributed by atoms with E-state index in [4.69, 9.17) is 4.74 Å². The summed E-state index contributed by atoms with van der Waals surface area (Å²) in [6.45, 7) is 3.64. The van der Waals surface area contributed by atoms with Gasteiger partial charge >= 0.3 is 0 Å². The van der Waals surface area contributed by atoms with Gasteiger partial charge in [-0.3, -0.25) is 0 Å². The molecule has 0 bridgehead atoms. The quantitative estimate of drug-likeness (QED) is 0.472. The maximum Gasteiger partial charge on any atom is 0.0641 e. The van der Waals surface area contributed by atoms with E-state index in [1.54, 1.807) is 7.11 Å². The topological polar surface area (TPSA) is 9.23 Å². The van der Waals surface area contributed by atoms with E-state index < -0.39 is 0 Å². The van der Waals surface area contributed by atoms with Crippen LogP contribution in [-0.2, 0) is 4.74 Å². The first-order valence-corrected chi connectivity index (χ1v) is 2.54. The Morgan fingerprint density at radius 3 is 2.71 bits per heavy atom. The van der Waals surface area contributed by atoms with Crippen molar-refractivity contribution in [1.82, 2.24) is 0 Å². The van der Waals surface area contributed by atoms with Gasteiger partial charge in [0.25, 0.3) is 0 Å². The highest BCUT2D eigenvalue weighted by Gasteiger charge is 2.33. The van der Waals surface area contributed by atoms with Crippen LogP contribution in [0.4, 0.5) is 0 Å². The summed E-state index contributed by atoms with van der Waals surface area (Å²) in [6.07, 6.45) is 3.63. The maximum absolute atomic E-state index is 4.99. The number of ether oxygens (including phenoxy) is 1. The summed E-state index contributed by atoms with van der Waals surface area (Å²) < 4.78 is 4.99. The fraction of sp³-hybridized carbons (Fsp3) is 0.667. The Morgan fingerprint density at radius 2 is 2.57 bits per heavy atom. The van der Waals surface area contributed by atoms with E-state index in [0.717, 1.165) is 0 Å². The predicted molar refractivity (Wildman–Crippen MR) is 29.1 cm³/mol. The summed E-state index contributed by atoms with van der Waals surface area (Å²) in [5.41, 5.74) is 0. The van der Waals surface area contributed by atoms with Crippen molar-refractivity contribution < 1.29 is 4.74 Å². The van der Waals surface area contributed by atoms with E-state index >= 15 is 0 Å². The second-order valence-electron chi connectivity index (χ2n) is 1.91. The van der Waals surface area contributed by atoms with Gasteiger partial charge in [-0.2, -0.15) is 0 Å². The van der Waals surface area contributed by atoms with Crippen LogP contribution in [0, 0.1) is 5.92 Å². The number of rotatable bonds is 2. The third-order valence-electron chi connectivity index (χ3n) is 1.38. The molecule has 7 heavy (non-hydrogen) atoms. The van der Waals surface area contributed by atoms with E-state index in [-0.39, 0.29) is 0 Å². The average molecular weight is 98.1 g/mol. The highest BCUT2D eigenvalue weighted by atomic mass is 16.5. The smallest absolute Gasteiger partial charge is 0.0641 e. The van der Waals surface area contributed by atoms with Crippen LogP contribution < -0.4 is 0 Å². The third-order valence-corrected chi connectivity index (χ3v) is 1.38. The van der Waals surface area contributed by atoms with Crippen LogP contribution in [0.25, 0.3) is 0 Å². The summed E-state index contributed by atoms with van der Waals surface area (Å²) in [5.74, 6) is 0.657. The van der Waals surface area contributed by atoms with E-state index in [0.29, 0.717) is 12.0 Å². The molecule has 1 saturated carbocycles. The van der Waals surface area contributed by atoms with Crippen LogP contribution in [0.1, 0.15) is 6.42 Å². The van der Waals surface area contributed by atoms with Gasteiger partial charge in [-0.15, -0.1) is 6.58 Å². The van der Waals surface area contributed by atoms with Crippen molar-refractivity contribution in [3.8, 4) is 0 Å². The first-order valence-electron chi connectivity index (χ1n) is 2.54. The Morgan fingerprint density at radius 1 is 1.86 bits per heavy atom. The monoisotopic (exact) mass is 98.1 g/mol. The fourth-order valence-electron chi connectivity index (χ4n) is 0.709. The molecular formula is C6H10O. The Bertz CT molecular complexity index is 78.2. The Hall–Kier alpha value is -0.300. The molecule has 0 aromatic heterocycles. The lowest BCUT2D eigenvalue weighted by Gasteiger charge is -1.86. The molecule has 1 nitrogen and oxygen atoms in total. The molecule has 0 unspecified atom stereocenters. The van der Waals surface area contributed by atoms with E-state index in [9.17, 15) is 0 Å². The van der Waals surface area contributed by atoms with Crippen LogP contribution >= 0.6 is 0 Å². The van der Waals surface area contributed by atoms with Gasteiger partial charge in [-0.05, 0) is 6.42 Å². The molecule has 40 valence electrons. The van der Waals surface area contributed by atoms with Gasteiger partial charge in [0, 0.05) is 13.0 Å². The van der Waals surface area contributed by atoms with Crippen molar-refractivity contribution in [2.75, 3.05) is 7.11 Å². The maximum atomic E-state index is 4.99. The minimum Gasteiger partial charge on any atom is -0.381 e. The SMILES string of the molecule is C=C[C@@H]1C[C@H]1OC. The summed E-state index contributed by atoms with van der Waals surface area (Å²) in [7, 11) is 1.74. The van der Waals surface area contributed by atoms with Crippen molar-refractivity contribution >= 4 is 0 Å². The van der Waals surface area contributed by atoms with Gasteiger partial charge in [-0.1, -0.05) is 6.08 Å². The Labute approximate surface area is 44.0 Å². The third kappa shape index (κ3) is 0.829. The minimum atomic E-state index is 0.498. The fourth-order valence-corrected chi connectivity index (χ4v) is 0.709. The Kier molecular flexibility index (Phi) is 1.15. The molecule has 0 spiro atoms. The lowest BCUT2D eigenvalue weighted by molar-refractivity contribution is 0.175. The molecule has 0 amide bonds. The molecule has 0 N–H and O–H groups in total. The van der Waals surface area contributed by atoms with E-state index in [1.807, 2.05) is 6.08 Å². The molecule has 0 aromatic rings. The number of hydrogen-bond donors (Lipinski definition) is 0. The standard InChI is InChI=1S/C6H10O/c1-3-5-4-6(5)7-2/h3,5-6H,1,4H2,2H3/t5-,6-/m1/s1. The summed E-state index contributed by atoms with van der Waals surface area (Å²) in [6, 6.07) is 0. The highest BCUT2D eigenvalue weighted by molar-refractivity contribution is 4.99. The summed E-state index contributed by atoms with van der Waals surface area (Å²) in [4.78, 5) is 0. The minimum absolute atomic E-state index is 0.498. The molecule has 0 saturated heterocycles. The molecule has 0 aliphatic heterocycles. The van der Waals surface area contributed by atoms with Gasteiger partial charge in [0.1, 0.15) is 0 Å². The van der Waals surface area contributed by atoms with Crippen molar-refractivity contribution in [2.24, 2.45) is 5.92 Å². The van der Waals surface area contributed by atoms with E-state index in [2.05, 4.69) is 6.58 Å². The molecule has 2 atom stereocenters. The largest absolute Gasteiger partial charge is 0.381 e. The zero-order valence-corrected chi connectivity index (χ0v) is 4.55. The van der Waals surface area contributed by atoms with Gasteiger partial charge < -0.3 is 4.74 Å². The second-order valence-corrected chi connectivity index (χ2v) is 1.91. The molecule has 0 aromatic carbocycles. The zero-order valence-electron chi connectivity index (χ0n) is 4.55. The predicted octanol–water partition coefficient (Wildman–Crippen LogP) is 1.21.